The van der Waals surface area contributed by atoms with E-state index in [-0.39, 0.29) is 17.5 Å². The van der Waals surface area contributed by atoms with E-state index in [1.165, 1.54) is 25.1 Å². The highest BCUT2D eigenvalue weighted by atomic mass is 19.1. The Kier molecular flexibility index (Phi) is 3.54. The molecular weight excluding hydrogens is 243 g/mol. The number of ether oxygens (including phenoxy) is 1. The van der Waals surface area contributed by atoms with E-state index in [1.54, 1.807) is 6.07 Å². The first-order chi connectivity index (χ1) is 9.17. The zero-order chi connectivity index (χ0) is 13.3. The molecule has 0 aromatic carbocycles. The summed E-state index contributed by atoms with van der Waals surface area (Å²) >= 11 is 0. The Bertz CT molecular complexity index is 426. The van der Waals surface area contributed by atoms with Gasteiger partial charge < -0.3 is 10.1 Å². The maximum Gasteiger partial charge on any atom is 0.141 e. The number of halogens is 1. The molecule has 19 heavy (non-hydrogen) atoms. The van der Waals surface area contributed by atoms with Gasteiger partial charge >= 0.3 is 0 Å². The van der Waals surface area contributed by atoms with Crippen molar-refractivity contribution in [2.24, 2.45) is 5.92 Å². The molecule has 1 aromatic rings. The second-order valence-corrected chi connectivity index (χ2v) is 6.00. The maximum atomic E-state index is 12.9. The minimum atomic E-state index is -0.297. The van der Waals surface area contributed by atoms with Crippen LogP contribution in [0.25, 0.3) is 0 Å². The lowest BCUT2D eigenvalue weighted by Crippen LogP contribution is -2.52. The molecule has 2 heterocycles. The predicted octanol–water partition coefficient (Wildman–Crippen LogP) is 2.83. The lowest BCUT2D eigenvalue weighted by molar-refractivity contribution is -0.141. The summed E-state index contributed by atoms with van der Waals surface area (Å²) in [5, 5.41) is 3.46. The molecule has 1 saturated carbocycles. The first-order valence-electron chi connectivity index (χ1n) is 7.17. The lowest BCUT2D eigenvalue weighted by Gasteiger charge is -2.45. The van der Waals surface area contributed by atoms with Gasteiger partial charge in [-0.25, -0.2) is 4.39 Å². The Balaban J connectivity index is 1.72. The minimum Gasteiger partial charge on any atom is -0.363 e. The quantitative estimate of drug-likeness (QED) is 0.847. The Labute approximate surface area is 113 Å². The van der Waals surface area contributed by atoms with Crippen LogP contribution in [0.3, 0.4) is 0 Å². The maximum absolute atomic E-state index is 12.9. The van der Waals surface area contributed by atoms with Gasteiger partial charge in [-0.05, 0) is 43.7 Å². The predicted molar refractivity (Wildman–Crippen MR) is 71.3 cm³/mol. The van der Waals surface area contributed by atoms with Crippen LogP contribution < -0.4 is 5.32 Å². The van der Waals surface area contributed by atoms with Crippen molar-refractivity contribution >= 4 is 0 Å². The number of hydrogen-bond acceptors (Lipinski definition) is 3. The van der Waals surface area contributed by atoms with Crippen molar-refractivity contribution < 1.29 is 9.13 Å². The van der Waals surface area contributed by atoms with Crippen molar-refractivity contribution in [2.45, 2.75) is 44.3 Å². The molecule has 1 atom stereocenters. The molecule has 0 amide bonds. The van der Waals surface area contributed by atoms with Gasteiger partial charge in [-0.15, -0.1) is 0 Å². The van der Waals surface area contributed by atoms with Crippen LogP contribution in [0.15, 0.2) is 18.3 Å². The summed E-state index contributed by atoms with van der Waals surface area (Å²) in [6.45, 7) is 4.00. The van der Waals surface area contributed by atoms with Gasteiger partial charge in [0.2, 0.25) is 0 Å². The van der Waals surface area contributed by atoms with Crippen LogP contribution in [0.1, 0.15) is 44.4 Å². The number of pyridine rings is 1. The summed E-state index contributed by atoms with van der Waals surface area (Å²) < 4.78 is 19.3. The summed E-state index contributed by atoms with van der Waals surface area (Å²) in [4.78, 5) is 4.15. The summed E-state index contributed by atoms with van der Waals surface area (Å²) in [7, 11) is 0. The molecule has 1 spiro atoms. The third-order valence-electron chi connectivity index (χ3n) is 4.43. The van der Waals surface area contributed by atoms with Crippen LogP contribution >= 0.6 is 0 Å². The number of aromatic nitrogens is 1. The van der Waals surface area contributed by atoms with Crippen LogP contribution in [0.5, 0.6) is 0 Å². The van der Waals surface area contributed by atoms with Gasteiger partial charge in [0, 0.05) is 13.1 Å². The minimum absolute atomic E-state index is 0.0362. The molecule has 1 aromatic heterocycles. The average molecular weight is 264 g/mol. The summed E-state index contributed by atoms with van der Waals surface area (Å²) in [6, 6.07) is 3.18. The van der Waals surface area contributed by atoms with Crippen molar-refractivity contribution in [3.63, 3.8) is 0 Å². The van der Waals surface area contributed by atoms with Crippen molar-refractivity contribution in [2.75, 3.05) is 13.1 Å². The van der Waals surface area contributed by atoms with E-state index in [1.807, 2.05) is 0 Å². The standard InChI is InChI=1S/C15H21FN2O/c1-11-4-6-15(7-5-11)10-17-9-14(19-15)13-3-2-12(16)8-18-13/h2-3,8,11,14,17H,4-7,9-10H2,1H3. The van der Waals surface area contributed by atoms with Crippen LogP contribution in [0.2, 0.25) is 0 Å². The first-order valence-corrected chi connectivity index (χ1v) is 7.17. The van der Waals surface area contributed by atoms with Crippen LogP contribution in [-0.2, 0) is 4.74 Å². The number of hydrogen-bond donors (Lipinski definition) is 1. The van der Waals surface area contributed by atoms with Crippen molar-refractivity contribution in [1.29, 1.82) is 0 Å². The van der Waals surface area contributed by atoms with E-state index in [0.717, 1.165) is 37.5 Å². The molecule has 0 bridgehead atoms. The molecule has 1 aliphatic heterocycles. The molecule has 3 nitrogen and oxygen atoms in total. The van der Waals surface area contributed by atoms with Crippen molar-refractivity contribution in [1.82, 2.24) is 10.3 Å². The highest BCUT2D eigenvalue weighted by molar-refractivity contribution is 5.10. The molecule has 4 heteroatoms. The normalized spacial score (nSPS) is 35.5. The molecule has 1 saturated heterocycles. The van der Waals surface area contributed by atoms with Gasteiger partial charge in [-0.1, -0.05) is 6.92 Å². The van der Waals surface area contributed by atoms with Gasteiger partial charge in [0.1, 0.15) is 11.9 Å². The van der Waals surface area contributed by atoms with Crippen LogP contribution in [-0.4, -0.2) is 23.7 Å². The molecule has 0 radical (unpaired) electrons. The van der Waals surface area contributed by atoms with E-state index >= 15 is 0 Å². The molecule has 3 rings (SSSR count). The van der Waals surface area contributed by atoms with Gasteiger partial charge in [-0.2, -0.15) is 0 Å². The number of morpholine rings is 1. The topological polar surface area (TPSA) is 34.2 Å². The highest BCUT2D eigenvalue weighted by Gasteiger charge is 2.40. The molecule has 1 N–H and O–H groups in total. The Hall–Kier alpha value is -1.00. The van der Waals surface area contributed by atoms with E-state index in [2.05, 4.69) is 17.2 Å². The van der Waals surface area contributed by atoms with Crippen LogP contribution in [0.4, 0.5) is 4.39 Å². The Morgan fingerprint density at radius 3 is 2.84 bits per heavy atom. The van der Waals surface area contributed by atoms with Crippen LogP contribution in [0, 0.1) is 11.7 Å². The monoisotopic (exact) mass is 264 g/mol. The fourth-order valence-corrected chi connectivity index (χ4v) is 3.14. The number of rotatable bonds is 1. The fraction of sp³-hybridized carbons (Fsp3) is 0.667. The molecule has 104 valence electrons. The summed E-state index contributed by atoms with van der Waals surface area (Å²) in [5.74, 6) is 0.507. The smallest absolute Gasteiger partial charge is 0.141 e. The zero-order valence-electron chi connectivity index (χ0n) is 11.4. The van der Waals surface area contributed by atoms with E-state index < -0.39 is 0 Å². The molecule has 2 aliphatic rings. The van der Waals surface area contributed by atoms with E-state index in [9.17, 15) is 4.39 Å². The zero-order valence-corrected chi connectivity index (χ0v) is 11.4. The molecule has 1 aliphatic carbocycles. The third kappa shape index (κ3) is 2.79. The number of nitrogens with zero attached hydrogens (tertiary/aromatic N) is 1. The fourth-order valence-electron chi connectivity index (χ4n) is 3.14. The lowest BCUT2D eigenvalue weighted by atomic mass is 9.78. The Morgan fingerprint density at radius 1 is 1.37 bits per heavy atom. The summed E-state index contributed by atoms with van der Waals surface area (Å²) in [5.41, 5.74) is 0.789. The SMILES string of the molecule is CC1CCC2(CC1)CNCC(c1ccc(F)cn1)O2. The second-order valence-electron chi connectivity index (χ2n) is 6.00. The molecular formula is C15H21FN2O. The largest absolute Gasteiger partial charge is 0.363 e. The van der Waals surface area contributed by atoms with Crippen molar-refractivity contribution in [3.8, 4) is 0 Å². The van der Waals surface area contributed by atoms with E-state index in [0.29, 0.717) is 0 Å². The number of nitrogens with one attached hydrogen (secondary N) is 1. The highest BCUT2D eigenvalue weighted by Crippen LogP contribution is 2.39. The van der Waals surface area contributed by atoms with Gasteiger partial charge in [0.05, 0.1) is 17.5 Å². The summed E-state index contributed by atoms with van der Waals surface area (Å²) in [6.07, 6.45) is 5.89. The second kappa shape index (κ2) is 5.17. The van der Waals surface area contributed by atoms with Gasteiger partial charge in [-0.3, -0.25) is 4.98 Å². The van der Waals surface area contributed by atoms with Gasteiger partial charge in [0.25, 0.3) is 0 Å². The van der Waals surface area contributed by atoms with Gasteiger partial charge in [0.15, 0.2) is 0 Å². The third-order valence-corrected chi connectivity index (χ3v) is 4.43. The average Bonchev–Trinajstić information content (AvgIpc) is 2.44. The first kappa shape index (κ1) is 13.0. The van der Waals surface area contributed by atoms with E-state index in [4.69, 9.17) is 4.74 Å². The van der Waals surface area contributed by atoms with Crippen molar-refractivity contribution in [3.05, 3.63) is 29.8 Å². The molecule has 2 fully saturated rings. The molecule has 1 unspecified atom stereocenters. The Morgan fingerprint density at radius 2 is 2.16 bits per heavy atom.